The minimum Gasteiger partial charge on any atom is -0.493 e. The third-order valence-electron chi connectivity index (χ3n) is 6.58. The lowest BCUT2D eigenvalue weighted by Crippen LogP contribution is -2.39. The molecule has 31 heavy (non-hydrogen) atoms. The van der Waals surface area contributed by atoms with Gasteiger partial charge < -0.3 is 19.5 Å². The molecule has 4 unspecified atom stereocenters. The van der Waals surface area contributed by atoms with Gasteiger partial charge in [0, 0.05) is 19.5 Å². The average molecular weight is 428 g/mol. The van der Waals surface area contributed by atoms with Crippen LogP contribution in [0.1, 0.15) is 18.4 Å². The number of carbonyl (C=O) groups excluding carboxylic acids is 3. The summed E-state index contributed by atoms with van der Waals surface area (Å²) < 4.78 is 16.0. The van der Waals surface area contributed by atoms with E-state index in [0.29, 0.717) is 23.7 Å². The maximum Gasteiger partial charge on any atom is 0.233 e. The van der Waals surface area contributed by atoms with Crippen LogP contribution in [0.4, 0.5) is 0 Å². The standard InChI is InChI=1S/C23H28N2O6/c1-29-16-10-13(11-17(30-2)21(16)31-3)4-7-18(26)24-8-9-25-22(27)19-14-5-6-15(12-14)20(19)23(25)28/h5-6,10-11,14-15,19-20H,4,7-9,12H2,1-3H3,(H,24,26). The number of aryl methyl sites for hydroxylation is 1. The summed E-state index contributed by atoms with van der Waals surface area (Å²) in [5.41, 5.74) is 0.880. The van der Waals surface area contributed by atoms with E-state index in [1.165, 1.54) is 12.0 Å². The van der Waals surface area contributed by atoms with Crippen LogP contribution in [0.25, 0.3) is 0 Å². The summed E-state index contributed by atoms with van der Waals surface area (Å²) in [6, 6.07) is 3.63. The molecule has 1 saturated carbocycles. The minimum absolute atomic E-state index is 0.0847. The van der Waals surface area contributed by atoms with Gasteiger partial charge in [-0.05, 0) is 42.4 Å². The first kappa shape index (κ1) is 21.2. The summed E-state index contributed by atoms with van der Waals surface area (Å²) >= 11 is 0. The van der Waals surface area contributed by atoms with Crippen molar-refractivity contribution in [1.29, 1.82) is 0 Å². The number of imide groups is 1. The smallest absolute Gasteiger partial charge is 0.233 e. The molecule has 1 aromatic rings. The molecule has 2 aliphatic carbocycles. The first-order valence-corrected chi connectivity index (χ1v) is 10.6. The quantitative estimate of drug-likeness (QED) is 0.474. The maximum absolute atomic E-state index is 12.7. The van der Waals surface area contributed by atoms with Gasteiger partial charge in [-0.3, -0.25) is 19.3 Å². The zero-order valence-corrected chi connectivity index (χ0v) is 18.1. The van der Waals surface area contributed by atoms with Crippen molar-refractivity contribution >= 4 is 17.7 Å². The molecule has 0 radical (unpaired) electrons. The molecule has 1 N–H and O–H groups in total. The molecule has 3 aliphatic rings. The summed E-state index contributed by atoms with van der Waals surface area (Å²) in [5.74, 6) is 1.28. The van der Waals surface area contributed by atoms with Gasteiger partial charge in [0.05, 0.1) is 33.2 Å². The molecule has 166 valence electrons. The first-order valence-electron chi connectivity index (χ1n) is 10.6. The Morgan fingerprint density at radius 1 is 1.00 bits per heavy atom. The summed E-state index contributed by atoms with van der Waals surface area (Å²) in [6.07, 6.45) is 5.82. The number of hydrogen-bond acceptors (Lipinski definition) is 6. The molecule has 1 saturated heterocycles. The molecule has 1 heterocycles. The van der Waals surface area contributed by atoms with Gasteiger partial charge in [-0.15, -0.1) is 0 Å². The highest BCUT2D eigenvalue weighted by Gasteiger charge is 2.58. The molecule has 4 rings (SSSR count). The van der Waals surface area contributed by atoms with Crippen LogP contribution in [0, 0.1) is 23.7 Å². The molecular weight excluding hydrogens is 400 g/mol. The molecule has 2 bridgehead atoms. The van der Waals surface area contributed by atoms with E-state index in [1.807, 2.05) is 12.1 Å². The number of methoxy groups -OCH3 is 3. The Hall–Kier alpha value is -3.03. The van der Waals surface area contributed by atoms with Gasteiger partial charge >= 0.3 is 0 Å². The number of benzene rings is 1. The zero-order valence-electron chi connectivity index (χ0n) is 18.1. The zero-order chi connectivity index (χ0) is 22.1. The Balaban J connectivity index is 1.27. The highest BCUT2D eigenvalue weighted by atomic mass is 16.5. The Labute approximate surface area is 181 Å². The predicted octanol–water partition coefficient (Wildman–Crippen LogP) is 1.57. The van der Waals surface area contributed by atoms with E-state index >= 15 is 0 Å². The van der Waals surface area contributed by atoms with Crippen molar-refractivity contribution in [3.8, 4) is 17.2 Å². The third kappa shape index (κ3) is 3.75. The molecule has 8 heteroatoms. The molecular formula is C23H28N2O6. The number of nitrogens with one attached hydrogen (secondary N) is 1. The normalized spacial score (nSPS) is 25.7. The van der Waals surface area contributed by atoms with Crippen LogP contribution in [-0.4, -0.2) is 57.0 Å². The number of ether oxygens (including phenoxy) is 3. The van der Waals surface area contributed by atoms with E-state index in [2.05, 4.69) is 17.5 Å². The summed E-state index contributed by atoms with van der Waals surface area (Å²) in [6.45, 7) is 0.480. The fraction of sp³-hybridized carbons (Fsp3) is 0.522. The van der Waals surface area contributed by atoms with Crippen molar-refractivity contribution in [3.05, 3.63) is 29.8 Å². The van der Waals surface area contributed by atoms with Gasteiger partial charge in [0.15, 0.2) is 11.5 Å². The van der Waals surface area contributed by atoms with Crippen LogP contribution in [0.3, 0.4) is 0 Å². The van der Waals surface area contributed by atoms with Gasteiger partial charge in [0.2, 0.25) is 23.5 Å². The molecule has 0 aromatic heterocycles. The van der Waals surface area contributed by atoms with Gasteiger partial charge in [-0.2, -0.15) is 0 Å². The van der Waals surface area contributed by atoms with Crippen molar-refractivity contribution in [2.24, 2.45) is 23.7 Å². The van der Waals surface area contributed by atoms with Crippen molar-refractivity contribution in [1.82, 2.24) is 10.2 Å². The highest BCUT2D eigenvalue weighted by molar-refractivity contribution is 6.06. The first-order chi connectivity index (χ1) is 15.0. The van der Waals surface area contributed by atoms with Crippen LogP contribution in [-0.2, 0) is 20.8 Å². The monoisotopic (exact) mass is 428 g/mol. The SMILES string of the molecule is COc1cc(CCC(=O)NCCN2C(=O)C3C4C=CC(C4)C3C2=O)cc(OC)c1OC. The van der Waals surface area contributed by atoms with Crippen molar-refractivity contribution in [2.75, 3.05) is 34.4 Å². The van der Waals surface area contributed by atoms with Crippen molar-refractivity contribution in [2.45, 2.75) is 19.3 Å². The molecule has 1 aliphatic heterocycles. The molecule has 4 atom stereocenters. The van der Waals surface area contributed by atoms with E-state index in [0.717, 1.165) is 12.0 Å². The molecule has 8 nitrogen and oxygen atoms in total. The van der Waals surface area contributed by atoms with Gasteiger partial charge in [0.1, 0.15) is 0 Å². The number of nitrogens with zero attached hydrogens (tertiary/aromatic N) is 1. The second kappa shape index (κ2) is 8.61. The Morgan fingerprint density at radius 2 is 1.58 bits per heavy atom. The molecule has 2 fully saturated rings. The lowest BCUT2D eigenvalue weighted by molar-refractivity contribution is -0.141. The van der Waals surface area contributed by atoms with E-state index in [4.69, 9.17) is 14.2 Å². The fourth-order valence-electron chi connectivity index (χ4n) is 5.12. The Kier molecular flexibility index (Phi) is 5.89. The highest BCUT2D eigenvalue weighted by Crippen LogP contribution is 2.52. The molecule has 3 amide bonds. The number of allylic oxidation sites excluding steroid dienone is 2. The Bertz CT molecular complexity index is 872. The summed E-state index contributed by atoms with van der Waals surface area (Å²) in [4.78, 5) is 39.0. The van der Waals surface area contributed by atoms with E-state index in [-0.39, 0.29) is 60.9 Å². The van der Waals surface area contributed by atoms with Gasteiger partial charge in [-0.1, -0.05) is 12.2 Å². The molecule has 0 spiro atoms. The Morgan fingerprint density at radius 3 is 2.10 bits per heavy atom. The summed E-state index contributed by atoms with van der Waals surface area (Å²) in [5, 5.41) is 2.82. The van der Waals surface area contributed by atoms with E-state index in [9.17, 15) is 14.4 Å². The fourth-order valence-corrected chi connectivity index (χ4v) is 5.12. The topological polar surface area (TPSA) is 94.2 Å². The maximum atomic E-state index is 12.7. The molecule has 1 aromatic carbocycles. The van der Waals surface area contributed by atoms with Crippen molar-refractivity contribution in [3.63, 3.8) is 0 Å². The summed E-state index contributed by atoms with van der Waals surface area (Å²) in [7, 11) is 4.63. The number of likely N-dealkylation sites (tertiary alicyclic amines) is 1. The van der Waals surface area contributed by atoms with Crippen LogP contribution < -0.4 is 19.5 Å². The lowest BCUT2D eigenvalue weighted by Gasteiger charge is -2.17. The van der Waals surface area contributed by atoms with E-state index < -0.39 is 0 Å². The van der Waals surface area contributed by atoms with E-state index in [1.54, 1.807) is 14.2 Å². The lowest BCUT2D eigenvalue weighted by atomic mass is 9.85. The van der Waals surface area contributed by atoms with Crippen molar-refractivity contribution < 1.29 is 28.6 Å². The van der Waals surface area contributed by atoms with Crippen LogP contribution in [0.5, 0.6) is 17.2 Å². The largest absolute Gasteiger partial charge is 0.493 e. The second-order valence-corrected chi connectivity index (χ2v) is 8.21. The van der Waals surface area contributed by atoms with Crippen LogP contribution >= 0.6 is 0 Å². The minimum atomic E-state index is -0.196. The number of carbonyl (C=O) groups is 3. The number of rotatable bonds is 9. The number of hydrogen-bond donors (Lipinski definition) is 1. The van der Waals surface area contributed by atoms with Gasteiger partial charge in [0.25, 0.3) is 0 Å². The van der Waals surface area contributed by atoms with Crippen LogP contribution in [0.15, 0.2) is 24.3 Å². The second-order valence-electron chi connectivity index (χ2n) is 8.21. The third-order valence-corrected chi connectivity index (χ3v) is 6.58. The number of amides is 3. The van der Waals surface area contributed by atoms with Crippen LogP contribution in [0.2, 0.25) is 0 Å². The predicted molar refractivity (Wildman–Crippen MR) is 112 cm³/mol. The number of fused-ring (bicyclic) bond motifs is 5. The van der Waals surface area contributed by atoms with Gasteiger partial charge in [-0.25, -0.2) is 0 Å². The average Bonchev–Trinajstić information content (AvgIpc) is 3.46.